The maximum atomic E-state index is 10.7. The molecule has 0 aliphatic carbocycles. The van der Waals surface area contributed by atoms with Gasteiger partial charge in [-0.25, -0.2) is 0 Å². The highest BCUT2D eigenvalue weighted by molar-refractivity contribution is 5.87. The Labute approximate surface area is 170 Å². The average molecular weight is 394 g/mol. The first kappa shape index (κ1) is 18.3. The molecule has 2 aromatic carbocycles. The van der Waals surface area contributed by atoms with E-state index in [1.54, 1.807) is 0 Å². The molecule has 6 nitrogen and oxygen atoms in total. The number of ether oxygens (including phenoxy) is 3. The summed E-state index contributed by atoms with van der Waals surface area (Å²) in [5.41, 5.74) is 3.65. The lowest BCUT2D eigenvalue weighted by atomic mass is 9.98. The van der Waals surface area contributed by atoms with E-state index in [4.69, 9.17) is 14.2 Å². The summed E-state index contributed by atoms with van der Waals surface area (Å²) < 4.78 is 17.2. The van der Waals surface area contributed by atoms with Gasteiger partial charge in [0.15, 0.2) is 11.5 Å². The fourth-order valence-corrected chi connectivity index (χ4v) is 4.35. The van der Waals surface area contributed by atoms with Crippen LogP contribution in [0.5, 0.6) is 17.2 Å². The molecule has 3 aliphatic heterocycles. The Balaban J connectivity index is 1.44. The van der Waals surface area contributed by atoms with Gasteiger partial charge in [-0.15, -0.1) is 0 Å². The maximum Gasteiger partial charge on any atom is 0.224 e. The molecule has 152 valence electrons. The van der Waals surface area contributed by atoms with Crippen molar-refractivity contribution in [2.45, 2.75) is 32.2 Å². The van der Waals surface area contributed by atoms with Gasteiger partial charge < -0.3 is 29.5 Å². The van der Waals surface area contributed by atoms with Gasteiger partial charge in [-0.05, 0) is 49.8 Å². The second-order valence-corrected chi connectivity index (χ2v) is 8.02. The number of fused-ring (bicyclic) bond motifs is 2. The zero-order valence-corrected chi connectivity index (χ0v) is 16.7. The van der Waals surface area contributed by atoms with Crippen LogP contribution in [0.2, 0.25) is 0 Å². The summed E-state index contributed by atoms with van der Waals surface area (Å²) in [5.74, 6) is 2.14. The van der Waals surface area contributed by atoms with Crippen LogP contribution in [0.4, 0.5) is 5.69 Å². The first-order valence-corrected chi connectivity index (χ1v) is 10.2. The Morgan fingerprint density at radius 1 is 0.931 bits per heavy atom. The number of hydrogen-bond acceptors (Lipinski definition) is 6. The Kier molecular flexibility index (Phi) is 4.60. The summed E-state index contributed by atoms with van der Waals surface area (Å²) in [5, 5.41) is 14.2. The maximum absolute atomic E-state index is 10.7. The van der Waals surface area contributed by atoms with Crippen molar-refractivity contribution in [3.8, 4) is 17.2 Å². The lowest BCUT2D eigenvalue weighted by Gasteiger charge is -2.38. The summed E-state index contributed by atoms with van der Waals surface area (Å²) in [6, 6.07) is 12.8. The van der Waals surface area contributed by atoms with E-state index in [0.717, 1.165) is 35.7 Å². The van der Waals surface area contributed by atoms with Crippen molar-refractivity contribution in [2.24, 2.45) is 0 Å². The standard InChI is InChI=1S/C23H26N2O4/c1-14-12-25(13-15(2)24-14)18-5-3-17-9-19(23(26)29-21(17)11-18)16-4-6-20-22(10-16)28-8-7-27-20/h3-6,9-11,14-15,23-24,26H,7-8,12-13H2,1-2H3/t14-,15+,23?. The number of anilines is 1. The van der Waals surface area contributed by atoms with Gasteiger partial charge in [-0.3, -0.25) is 0 Å². The van der Waals surface area contributed by atoms with Crippen molar-refractivity contribution < 1.29 is 19.3 Å². The number of piperazine rings is 1. The molecular formula is C23H26N2O4. The molecule has 0 saturated carbocycles. The van der Waals surface area contributed by atoms with Crippen LogP contribution in [-0.2, 0) is 0 Å². The number of nitrogens with zero attached hydrogens (tertiary/aromatic N) is 1. The number of benzene rings is 2. The van der Waals surface area contributed by atoms with E-state index in [-0.39, 0.29) is 0 Å². The van der Waals surface area contributed by atoms with Crippen molar-refractivity contribution in [2.75, 3.05) is 31.2 Å². The van der Waals surface area contributed by atoms with Crippen molar-refractivity contribution in [1.29, 1.82) is 0 Å². The topological polar surface area (TPSA) is 63.2 Å². The first-order chi connectivity index (χ1) is 14.1. The van der Waals surface area contributed by atoms with Gasteiger partial charge in [-0.2, -0.15) is 0 Å². The highest BCUT2D eigenvalue weighted by atomic mass is 16.6. The second-order valence-electron chi connectivity index (χ2n) is 8.02. The molecule has 5 rings (SSSR count). The van der Waals surface area contributed by atoms with Crippen LogP contribution < -0.4 is 24.4 Å². The van der Waals surface area contributed by atoms with Crippen LogP contribution in [0.15, 0.2) is 36.4 Å². The third-order valence-corrected chi connectivity index (χ3v) is 5.61. The van der Waals surface area contributed by atoms with Crippen molar-refractivity contribution >= 4 is 17.3 Å². The molecule has 3 heterocycles. The van der Waals surface area contributed by atoms with Gasteiger partial charge in [0.2, 0.25) is 6.29 Å². The molecule has 3 atom stereocenters. The van der Waals surface area contributed by atoms with Crippen LogP contribution in [-0.4, -0.2) is 49.8 Å². The van der Waals surface area contributed by atoms with E-state index < -0.39 is 6.29 Å². The van der Waals surface area contributed by atoms with Crippen LogP contribution in [0.1, 0.15) is 25.0 Å². The fourth-order valence-electron chi connectivity index (χ4n) is 4.35. The third kappa shape index (κ3) is 3.54. The third-order valence-electron chi connectivity index (χ3n) is 5.61. The number of rotatable bonds is 2. The van der Waals surface area contributed by atoms with Gasteiger partial charge >= 0.3 is 0 Å². The van der Waals surface area contributed by atoms with Crippen molar-refractivity contribution in [3.63, 3.8) is 0 Å². The Morgan fingerprint density at radius 3 is 2.48 bits per heavy atom. The van der Waals surface area contributed by atoms with Crippen LogP contribution in [0.25, 0.3) is 11.6 Å². The molecule has 0 spiro atoms. The van der Waals surface area contributed by atoms with Gasteiger partial charge in [0.25, 0.3) is 0 Å². The van der Waals surface area contributed by atoms with Crippen LogP contribution in [0.3, 0.4) is 0 Å². The van der Waals surface area contributed by atoms with Crippen LogP contribution in [0, 0.1) is 0 Å². The highest BCUT2D eigenvalue weighted by Gasteiger charge is 2.26. The summed E-state index contributed by atoms with van der Waals surface area (Å²) in [6.45, 7) is 7.38. The number of hydrogen-bond donors (Lipinski definition) is 2. The molecular weight excluding hydrogens is 368 g/mol. The molecule has 3 aliphatic rings. The average Bonchev–Trinajstić information content (AvgIpc) is 2.72. The molecule has 0 radical (unpaired) electrons. The minimum Gasteiger partial charge on any atom is -0.486 e. The van der Waals surface area contributed by atoms with E-state index in [1.165, 1.54) is 0 Å². The predicted molar refractivity (Wildman–Crippen MR) is 113 cm³/mol. The number of aliphatic hydroxyl groups excluding tert-OH is 1. The molecule has 1 unspecified atom stereocenters. The summed E-state index contributed by atoms with van der Waals surface area (Å²) in [6.07, 6.45) is 0.961. The van der Waals surface area contributed by atoms with E-state index in [9.17, 15) is 5.11 Å². The van der Waals surface area contributed by atoms with Gasteiger partial charge in [0, 0.05) is 48.1 Å². The zero-order valence-electron chi connectivity index (χ0n) is 16.7. The Hall–Kier alpha value is -2.70. The minimum atomic E-state index is -1.03. The monoisotopic (exact) mass is 394 g/mol. The number of nitrogens with one attached hydrogen (secondary N) is 1. The molecule has 1 saturated heterocycles. The lowest BCUT2D eigenvalue weighted by Crippen LogP contribution is -2.54. The predicted octanol–water partition coefficient (Wildman–Crippen LogP) is 2.90. The quantitative estimate of drug-likeness (QED) is 0.817. The molecule has 0 bridgehead atoms. The SMILES string of the molecule is C[C@@H]1CN(c2ccc3c(c2)OC(O)C(c2ccc4c(c2)OCCO4)=C3)C[C@H](C)N1. The first-order valence-electron chi connectivity index (χ1n) is 10.2. The van der Waals surface area contributed by atoms with Gasteiger partial charge in [-0.1, -0.05) is 6.07 Å². The minimum absolute atomic E-state index is 0.433. The van der Waals surface area contributed by atoms with Crippen molar-refractivity contribution in [1.82, 2.24) is 5.32 Å². The molecule has 0 aromatic heterocycles. The molecule has 2 aromatic rings. The largest absolute Gasteiger partial charge is 0.486 e. The van der Waals surface area contributed by atoms with E-state index in [2.05, 4.69) is 36.2 Å². The summed E-state index contributed by atoms with van der Waals surface area (Å²) in [4.78, 5) is 2.36. The molecule has 2 N–H and O–H groups in total. The number of aliphatic hydroxyl groups is 1. The van der Waals surface area contributed by atoms with Crippen LogP contribution >= 0.6 is 0 Å². The summed E-state index contributed by atoms with van der Waals surface area (Å²) in [7, 11) is 0. The fraction of sp³-hybridized carbons (Fsp3) is 0.391. The Bertz CT molecular complexity index is 948. The molecule has 6 heteroatoms. The molecule has 1 fully saturated rings. The van der Waals surface area contributed by atoms with Gasteiger partial charge in [0.05, 0.1) is 0 Å². The lowest BCUT2D eigenvalue weighted by molar-refractivity contribution is 0.0320. The van der Waals surface area contributed by atoms with E-state index >= 15 is 0 Å². The summed E-state index contributed by atoms with van der Waals surface area (Å²) >= 11 is 0. The zero-order chi connectivity index (χ0) is 20.0. The molecule has 29 heavy (non-hydrogen) atoms. The highest BCUT2D eigenvalue weighted by Crippen LogP contribution is 2.39. The van der Waals surface area contributed by atoms with E-state index in [1.807, 2.05) is 30.3 Å². The van der Waals surface area contributed by atoms with Gasteiger partial charge in [0.1, 0.15) is 19.0 Å². The smallest absolute Gasteiger partial charge is 0.224 e. The molecule has 0 amide bonds. The second kappa shape index (κ2) is 7.28. The van der Waals surface area contributed by atoms with E-state index in [0.29, 0.717) is 42.4 Å². The van der Waals surface area contributed by atoms with Crippen molar-refractivity contribution in [3.05, 3.63) is 47.5 Å². The Morgan fingerprint density at radius 2 is 1.69 bits per heavy atom. The normalized spacial score (nSPS) is 25.7.